The molecule has 174 valence electrons. The van der Waals surface area contributed by atoms with Crippen LogP contribution < -0.4 is 30.6 Å². The number of rotatable bonds is 8. The van der Waals surface area contributed by atoms with Gasteiger partial charge in [-0.05, 0) is 39.0 Å². The van der Waals surface area contributed by atoms with E-state index in [1.165, 1.54) is 22.8 Å². The van der Waals surface area contributed by atoms with Gasteiger partial charge in [0.15, 0.2) is 11.5 Å². The molecule has 0 saturated heterocycles. The number of amides is 2. The number of nitrogens with zero attached hydrogens (tertiary/aromatic N) is 1. The number of carbonyl (C=O) groups is 2. The number of nitrogens with one attached hydrogen (secondary N) is 2. The lowest BCUT2D eigenvalue weighted by Crippen LogP contribution is -2.42. The van der Waals surface area contributed by atoms with Crippen LogP contribution in [0.25, 0.3) is 10.9 Å². The van der Waals surface area contributed by atoms with Gasteiger partial charge < -0.3 is 18.8 Å². The van der Waals surface area contributed by atoms with Gasteiger partial charge >= 0.3 is 0 Å². The number of pyridine rings is 1. The highest BCUT2D eigenvalue weighted by molar-refractivity contribution is 6.07. The Hall–Kier alpha value is -4.01. The van der Waals surface area contributed by atoms with E-state index in [9.17, 15) is 14.4 Å². The molecule has 0 spiro atoms. The summed E-state index contributed by atoms with van der Waals surface area (Å²) in [5.41, 5.74) is 5.41. The quantitative estimate of drug-likeness (QED) is 0.508. The summed E-state index contributed by atoms with van der Waals surface area (Å²) in [6, 6.07) is 11.3. The molecule has 0 bridgehead atoms. The van der Waals surface area contributed by atoms with Crippen molar-refractivity contribution < 1.29 is 23.8 Å². The van der Waals surface area contributed by atoms with E-state index in [1.807, 2.05) is 20.8 Å². The van der Waals surface area contributed by atoms with Crippen molar-refractivity contribution in [3.05, 3.63) is 63.9 Å². The fourth-order valence-corrected chi connectivity index (χ4v) is 3.37. The van der Waals surface area contributed by atoms with Gasteiger partial charge in [-0.1, -0.05) is 18.2 Å². The molecule has 2 N–H and O–H groups in total. The Kier molecular flexibility index (Phi) is 7.55. The van der Waals surface area contributed by atoms with Crippen LogP contribution in [0, 0.1) is 0 Å². The molecule has 9 heteroatoms. The lowest BCUT2D eigenvalue weighted by Gasteiger charge is -2.17. The van der Waals surface area contributed by atoms with Gasteiger partial charge in [0.05, 0.1) is 30.9 Å². The third kappa shape index (κ3) is 5.08. The van der Waals surface area contributed by atoms with Gasteiger partial charge in [-0.2, -0.15) is 0 Å². The van der Waals surface area contributed by atoms with E-state index in [-0.39, 0.29) is 16.7 Å². The number of aromatic nitrogens is 1. The number of aryl methyl sites for hydroxylation is 1. The molecule has 0 aliphatic carbocycles. The number of ether oxygens (including phenoxy) is 3. The molecule has 0 fully saturated rings. The first kappa shape index (κ1) is 23.6. The molecule has 0 unspecified atom stereocenters. The maximum atomic E-state index is 12.8. The average molecular weight is 453 g/mol. The number of para-hydroxylation sites is 1. The summed E-state index contributed by atoms with van der Waals surface area (Å²) in [6.07, 6.45) is 0. The fourth-order valence-electron chi connectivity index (χ4n) is 3.37. The number of hydrogen-bond donors (Lipinski definition) is 2. The van der Waals surface area contributed by atoms with Crippen LogP contribution in [0.4, 0.5) is 0 Å². The zero-order valence-electron chi connectivity index (χ0n) is 19.1. The van der Waals surface area contributed by atoms with Crippen molar-refractivity contribution in [2.75, 3.05) is 19.8 Å². The van der Waals surface area contributed by atoms with Crippen molar-refractivity contribution in [2.24, 2.45) is 7.05 Å². The number of benzene rings is 2. The lowest BCUT2D eigenvalue weighted by molar-refractivity contribution is 0.0847. The minimum atomic E-state index is -0.613. The first-order valence-electron chi connectivity index (χ1n) is 10.7. The summed E-state index contributed by atoms with van der Waals surface area (Å²) < 4.78 is 18.3. The Morgan fingerprint density at radius 1 is 0.848 bits per heavy atom. The summed E-state index contributed by atoms with van der Waals surface area (Å²) in [7, 11) is 1.63. The predicted octanol–water partition coefficient (Wildman–Crippen LogP) is 2.81. The lowest BCUT2D eigenvalue weighted by atomic mass is 10.1. The van der Waals surface area contributed by atoms with E-state index in [0.717, 1.165) is 0 Å². The largest absolute Gasteiger partial charge is 0.490 e. The molecule has 3 rings (SSSR count). The van der Waals surface area contributed by atoms with E-state index in [0.29, 0.717) is 48.0 Å². The molecule has 0 radical (unpaired) electrons. The molecule has 1 heterocycles. The van der Waals surface area contributed by atoms with Gasteiger partial charge in [0.1, 0.15) is 0 Å². The first-order valence-corrected chi connectivity index (χ1v) is 10.7. The highest BCUT2D eigenvalue weighted by Gasteiger charge is 2.19. The number of fused-ring (bicyclic) bond motifs is 1. The molecule has 1 aromatic heterocycles. The van der Waals surface area contributed by atoms with E-state index in [1.54, 1.807) is 31.3 Å². The monoisotopic (exact) mass is 453 g/mol. The van der Waals surface area contributed by atoms with E-state index < -0.39 is 11.8 Å². The Balaban J connectivity index is 1.86. The zero-order chi connectivity index (χ0) is 24.0. The molecule has 0 atom stereocenters. The van der Waals surface area contributed by atoms with Crippen molar-refractivity contribution in [1.29, 1.82) is 0 Å². The Bertz CT molecular complexity index is 1210. The smallest absolute Gasteiger partial charge is 0.270 e. The summed E-state index contributed by atoms with van der Waals surface area (Å²) >= 11 is 0. The van der Waals surface area contributed by atoms with Gasteiger partial charge in [0.25, 0.3) is 17.4 Å². The van der Waals surface area contributed by atoms with E-state index in [4.69, 9.17) is 14.2 Å². The third-order valence-electron chi connectivity index (χ3n) is 4.86. The van der Waals surface area contributed by atoms with Crippen LogP contribution in [0.5, 0.6) is 17.2 Å². The van der Waals surface area contributed by atoms with Crippen molar-refractivity contribution in [3.63, 3.8) is 0 Å². The van der Waals surface area contributed by atoms with Gasteiger partial charge in [0.2, 0.25) is 5.75 Å². The molecule has 0 aliphatic rings. The summed E-state index contributed by atoms with van der Waals surface area (Å²) in [5.74, 6) is -0.0632. The maximum Gasteiger partial charge on any atom is 0.270 e. The van der Waals surface area contributed by atoms with Gasteiger partial charge in [0, 0.05) is 24.1 Å². The molecule has 0 aliphatic heterocycles. The topological polar surface area (TPSA) is 108 Å². The Labute approximate surface area is 191 Å². The van der Waals surface area contributed by atoms with Crippen LogP contribution in [0.2, 0.25) is 0 Å². The molecule has 2 aromatic carbocycles. The van der Waals surface area contributed by atoms with E-state index >= 15 is 0 Å². The predicted molar refractivity (Wildman–Crippen MR) is 124 cm³/mol. The van der Waals surface area contributed by atoms with Crippen LogP contribution in [0.3, 0.4) is 0 Å². The Morgan fingerprint density at radius 2 is 1.42 bits per heavy atom. The first-order chi connectivity index (χ1) is 15.9. The van der Waals surface area contributed by atoms with Crippen molar-refractivity contribution >= 4 is 22.7 Å². The van der Waals surface area contributed by atoms with Crippen LogP contribution in [0.15, 0.2) is 47.3 Å². The number of hydrogen-bond acceptors (Lipinski definition) is 6. The van der Waals surface area contributed by atoms with Crippen LogP contribution in [-0.4, -0.2) is 36.2 Å². The standard InChI is InChI=1S/C24H27N3O6/c1-5-31-19-12-15(13-20(32-6-2)22(19)33-7-3)23(29)25-26-24(30)17-14-21(28)27(4)18-11-9-8-10-16(17)18/h8-14H,5-7H2,1-4H3,(H,25,29)(H,26,30). The van der Waals surface area contributed by atoms with Crippen LogP contribution in [-0.2, 0) is 7.05 Å². The van der Waals surface area contributed by atoms with Gasteiger partial charge in [-0.3, -0.25) is 25.2 Å². The summed E-state index contributed by atoms with van der Waals surface area (Å²) in [5, 5.41) is 0.588. The van der Waals surface area contributed by atoms with Crippen LogP contribution in [0.1, 0.15) is 41.5 Å². The average Bonchev–Trinajstić information content (AvgIpc) is 2.81. The Morgan fingerprint density at radius 3 is 2.03 bits per heavy atom. The minimum Gasteiger partial charge on any atom is -0.490 e. The molecule has 33 heavy (non-hydrogen) atoms. The SMILES string of the molecule is CCOc1cc(C(=O)NNC(=O)c2cc(=O)n(C)c3ccccc23)cc(OCC)c1OCC. The molecule has 3 aromatic rings. The molecule has 0 saturated carbocycles. The second-order valence-corrected chi connectivity index (χ2v) is 6.98. The second kappa shape index (κ2) is 10.5. The van der Waals surface area contributed by atoms with Crippen LogP contribution >= 0.6 is 0 Å². The minimum absolute atomic E-state index is 0.158. The zero-order valence-corrected chi connectivity index (χ0v) is 19.1. The molecule has 2 amide bonds. The molecular weight excluding hydrogens is 426 g/mol. The highest BCUT2D eigenvalue weighted by Crippen LogP contribution is 2.39. The normalized spacial score (nSPS) is 10.5. The van der Waals surface area contributed by atoms with Crippen molar-refractivity contribution in [1.82, 2.24) is 15.4 Å². The summed E-state index contributed by atoms with van der Waals surface area (Å²) in [4.78, 5) is 37.9. The maximum absolute atomic E-state index is 12.8. The molecule has 9 nitrogen and oxygen atoms in total. The van der Waals surface area contributed by atoms with Gasteiger partial charge in [-0.25, -0.2) is 0 Å². The van der Waals surface area contributed by atoms with Crippen molar-refractivity contribution in [2.45, 2.75) is 20.8 Å². The summed E-state index contributed by atoms with van der Waals surface area (Å²) in [6.45, 7) is 6.59. The highest BCUT2D eigenvalue weighted by atomic mass is 16.5. The van der Waals surface area contributed by atoms with Crippen molar-refractivity contribution in [3.8, 4) is 17.2 Å². The number of hydrazine groups is 1. The third-order valence-corrected chi connectivity index (χ3v) is 4.86. The van der Waals surface area contributed by atoms with E-state index in [2.05, 4.69) is 10.9 Å². The second-order valence-electron chi connectivity index (χ2n) is 6.98. The number of carbonyl (C=O) groups excluding carboxylic acids is 2. The molecular formula is C24H27N3O6. The fraction of sp³-hybridized carbons (Fsp3) is 0.292. The van der Waals surface area contributed by atoms with Gasteiger partial charge in [-0.15, -0.1) is 0 Å².